The second-order valence-electron chi connectivity index (χ2n) is 5.04. The molecule has 0 saturated heterocycles. The largest absolute Gasteiger partial charge is 0.315 e. The molecule has 0 rings (SSSR count). The van der Waals surface area contributed by atoms with Crippen molar-refractivity contribution >= 4 is 5.78 Å². The molecule has 0 aliphatic heterocycles. The molecule has 0 aromatic heterocycles. The van der Waals surface area contributed by atoms with Gasteiger partial charge in [0.25, 0.3) is 0 Å². The first-order valence-corrected chi connectivity index (χ1v) is 6.85. The average Bonchev–Trinajstić information content (AvgIpc) is 2.20. The minimum absolute atomic E-state index is 0.333. The highest BCUT2D eigenvalue weighted by Crippen LogP contribution is 2.08. The fourth-order valence-electron chi connectivity index (χ4n) is 1.77. The van der Waals surface area contributed by atoms with Gasteiger partial charge in [0.2, 0.25) is 0 Å². The molecule has 1 N–H and O–H groups in total. The molecule has 0 aliphatic carbocycles. The average molecular weight is 227 g/mol. The summed E-state index contributed by atoms with van der Waals surface area (Å²) < 4.78 is 0. The number of hydrogen-bond acceptors (Lipinski definition) is 2. The molecule has 0 unspecified atom stereocenters. The van der Waals surface area contributed by atoms with Crippen LogP contribution in [0.15, 0.2) is 0 Å². The SMILES string of the molecule is CC(=O)CCCCCCCCCNC(C)C. The molecule has 0 fully saturated rings. The number of carbonyl (C=O) groups excluding carboxylic acids is 1. The molecular weight excluding hydrogens is 198 g/mol. The number of carbonyl (C=O) groups is 1. The lowest BCUT2D eigenvalue weighted by Crippen LogP contribution is -2.23. The highest BCUT2D eigenvalue weighted by atomic mass is 16.1. The standard InChI is InChI=1S/C14H29NO/c1-13(2)15-12-10-8-6-4-5-7-9-11-14(3)16/h13,15H,4-12H2,1-3H3. The molecule has 0 radical (unpaired) electrons. The Balaban J connectivity index is 2.96. The van der Waals surface area contributed by atoms with Gasteiger partial charge in [0, 0.05) is 12.5 Å². The van der Waals surface area contributed by atoms with Crippen LogP contribution in [-0.2, 0) is 4.79 Å². The van der Waals surface area contributed by atoms with Crippen LogP contribution in [0.1, 0.15) is 72.1 Å². The van der Waals surface area contributed by atoms with E-state index in [-0.39, 0.29) is 0 Å². The summed E-state index contributed by atoms with van der Waals surface area (Å²) >= 11 is 0. The van der Waals surface area contributed by atoms with Gasteiger partial charge in [-0.3, -0.25) is 0 Å². The number of rotatable bonds is 11. The van der Waals surface area contributed by atoms with Gasteiger partial charge in [0.15, 0.2) is 0 Å². The minimum Gasteiger partial charge on any atom is -0.315 e. The van der Waals surface area contributed by atoms with E-state index in [2.05, 4.69) is 19.2 Å². The lowest BCUT2D eigenvalue weighted by molar-refractivity contribution is -0.117. The molecule has 2 nitrogen and oxygen atoms in total. The first kappa shape index (κ1) is 15.6. The van der Waals surface area contributed by atoms with E-state index in [4.69, 9.17) is 0 Å². The van der Waals surface area contributed by atoms with E-state index in [1.165, 1.54) is 38.5 Å². The summed E-state index contributed by atoms with van der Waals surface area (Å²) in [7, 11) is 0. The molecule has 0 spiro atoms. The number of unbranched alkanes of at least 4 members (excludes halogenated alkanes) is 6. The van der Waals surface area contributed by atoms with E-state index in [1.807, 2.05) is 0 Å². The van der Waals surface area contributed by atoms with Gasteiger partial charge in [-0.05, 0) is 26.3 Å². The third-order valence-electron chi connectivity index (χ3n) is 2.76. The van der Waals surface area contributed by atoms with Crippen LogP contribution in [0, 0.1) is 0 Å². The number of hydrogen-bond donors (Lipinski definition) is 1. The normalized spacial score (nSPS) is 11.0. The predicted molar refractivity (Wildman–Crippen MR) is 70.8 cm³/mol. The second-order valence-corrected chi connectivity index (χ2v) is 5.04. The Morgan fingerprint density at radius 2 is 1.44 bits per heavy atom. The van der Waals surface area contributed by atoms with Gasteiger partial charge in [0.1, 0.15) is 5.78 Å². The molecule has 0 saturated carbocycles. The highest BCUT2D eigenvalue weighted by molar-refractivity contribution is 5.75. The zero-order chi connectivity index (χ0) is 12.2. The summed E-state index contributed by atoms with van der Waals surface area (Å²) in [5, 5.41) is 3.43. The maximum atomic E-state index is 10.7. The Kier molecular flexibility index (Phi) is 10.9. The van der Waals surface area contributed by atoms with Gasteiger partial charge < -0.3 is 10.1 Å². The van der Waals surface area contributed by atoms with E-state index in [9.17, 15) is 4.79 Å². The first-order chi connectivity index (χ1) is 7.63. The van der Waals surface area contributed by atoms with Crippen molar-refractivity contribution in [3.8, 4) is 0 Å². The summed E-state index contributed by atoms with van der Waals surface area (Å²) in [6.45, 7) is 7.22. The Bertz CT molecular complexity index is 166. The van der Waals surface area contributed by atoms with Gasteiger partial charge in [0.05, 0.1) is 0 Å². The maximum absolute atomic E-state index is 10.7. The van der Waals surface area contributed by atoms with Crippen molar-refractivity contribution in [1.29, 1.82) is 0 Å². The van der Waals surface area contributed by atoms with Gasteiger partial charge in [-0.1, -0.05) is 46.0 Å². The Morgan fingerprint density at radius 3 is 1.94 bits per heavy atom. The number of ketones is 1. The number of nitrogens with one attached hydrogen (secondary N) is 1. The summed E-state index contributed by atoms with van der Waals surface area (Å²) in [6, 6.07) is 0.617. The molecule has 0 heterocycles. The third-order valence-corrected chi connectivity index (χ3v) is 2.76. The summed E-state index contributed by atoms with van der Waals surface area (Å²) in [4.78, 5) is 10.7. The van der Waals surface area contributed by atoms with Crippen molar-refractivity contribution in [2.45, 2.75) is 78.2 Å². The zero-order valence-electron chi connectivity index (χ0n) is 11.3. The van der Waals surface area contributed by atoms with Crippen LogP contribution in [0.4, 0.5) is 0 Å². The molecule has 0 aliphatic rings. The smallest absolute Gasteiger partial charge is 0.129 e. The monoisotopic (exact) mass is 227 g/mol. The molecule has 0 amide bonds. The molecule has 0 atom stereocenters. The summed E-state index contributed by atoms with van der Waals surface area (Å²) in [5.74, 6) is 0.333. The van der Waals surface area contributed by atoms with Gasteiger partial charge in [-0.15, -0.1) is 0 Å². The van der Waals surface area contributed by atoms with Crippen molar-refractivity contribution in [1.82, 2.24) is 5.32 Å². The fourth-order valence-corrected chi connectivity index (χ4v) is 1.77. The predicted octanol–water partition coefficient (Wildman–Crippen LogP) is 3.69. The lowest BCUT2D eigenvalue weighted by Gasteiger charge is -2.07. The van der Waals surface area contributed by atoms with Crippen LogP contribution in [0.2, 0.25) is 0 Å². The van der Waals surface area contributed by atoms with E-state index < -0.39 is 0 Å². The minimum atomic E-state index is 0.333. The molecule has 16 heavy (non-hydrogen) atoms. The Hall–Kier alpha value is -0.370. The lowest BCUT2D eigenvalue weighted by atomic mass is 10.1. The van der Waals surface area contributed by atoms with E-state index in [0.717, 1.165) is 19.4 Å². The van der Waals surface area contributed by atoms with Crippen LogP contribution in [0.5, 0.6) is 0 Å². The van der Waals surface area contributed by atoms with Crippen molar-refractivity contribution < 1.29 is 4.79 Å². The van der Waals surface area contributed by atoms with E-state index >= 15 is 0 Å². The van der Waals surface area contributed by atoms with Crippen LogP contribution >= 0.6 is 0 Å². The molecule has 0 aromatic rings. The van der Waals surface area contributed by atoms with E-state index in [0.29, 0.717) is 11.8 Å². The topological polar surface area (TPSA) is 29.1 Å². The molecule has 0 bridgehead atoms. The Morgan fingerprint density at radius 1 is 0.938 bits per heavy atom. The molecule has 0 aromatic carbocycles. The van der Waals surface area contributed by atoms with Crippen LogP contribution in [0.25, 0.3) is 0 Å². The third kappa shape index (κ3) is 13.6. The van der Waals surface area contributed by atoms with Crippen LogP contribution < -0.4 is 5.32 Å². The first-order valence-electron chi connectivity index (χ1n) is 6.85. The second kappa shape index (κ2) is 11.1. The van der Waals surface area contributed by atoms with Crippen molar-refractivity contribution in [3.63, 3.8) is 0 Å². The van der Waals surface area contributed by atoms with Crippen molar-refractivity contribution in [3.05, 3.63) is 0 Å². The maximum Gasteiger partial charge on any atom is 0.129 e. The quantitative estimate of drug-likeness (QED) is 0.545. The fraction of sp³-hybridized carbons (Fsp3) is 0.929. The van der Waals surface area contributed by atoms with Gasteiger partial charge >= 0.3 is 0 Å². The van der Waals surface area contributed by atoms with Crippen molar-refractivity contribution in [2.75, 3.05) is 6.54 Å². The van der Waals surface area contributed by atoms with Crippen LogP contribution in [0.3, 0.4) is 0 Å². The zero-order valence-corrected chi connectivity index (χ0v) is 11.3. The highest BCUT2D eigenvalue weighted by Gasteiger charge is 1.95. The molecule has 2 heteroatoms. The van der Waals surface area contributed by atoms with Gasteiger partial charge in [-0.25, -0.2) is 0 Å². The van der Waals surface area contributed by atoms with Crippen molar-refractivity contribution in [2.24, 2.45) is 0 Å². The summed E-state index contributed by atoms with van der Waals surface area (Å²) in [5.41, 5.74) is 0. The Labute approximate surface area is 101 Å². The molecular formula is C14H29NO. The molecule has 96 valence electrons. The number of Topliss-reactive ketones (excluding diaryl/α,β-unsaturated/α-hetero) is 1. The van der Waals surface area contributed by atoms with Gasteiger partial charge in [-0.2, -0.15) is 0 Å². The van der Waals surface area contributed by atoms with E-state index in [1.54, 1.807) is 6.92 Å². The summed E-state index contributed by atoms with van der Waals surface area (Å²) in [6.07, 6.45) is 9.70. The van der Waals surface area contributed by atoms with Crippen LogP contribution in [-0.4, -0.2) is 18.4 Å².